The first-order valence-electron chi connectivity index (χ1n) is 8.98. The monoisotopic (exact) mass is 547 g/mol. The molecule has 6 atom stereocenters. The van der Waals surface area contributed by atoms with Gasteiger partial charge in [0.25, 0.3) is 0 Å². The van der Waals surface area contributed by atoms with Crippen molar-refractivity contribution in [2.24, 2.45) is 0 Å². The normalized spacial score (nSPS) is 29.1. The van der Waals surface area contributed by atoms with Crippen molar-refractivity contribution in [2.75, 3.05) is 12.3 Å². The minimum absolute atomic E-state index is 0.0229. The maximum atomic E-state index is 12.0. The van der Waals surface area contributed by atoms with Crippen molar-refractivity contribution in [3.05, 3.63) is 25.3 Å². The third kappa shape index (κ3) is 5.61. The fraction of sp³-hybridized carbons (Fsp3) is 0.462. The van der Waals surface area contributed by atoms with Crippen molar-refractivity contribution in [3.8, 4) is 0 Å². The van der Waals surface area contributed by atoms with Crippen LogP contribution in [0.3, 0.4) is 0 Å². The number of nitrogen functional groups attached to an aromatic ring is 1. The second kappa shape index (κ2) is 9.44. The molecule has 1 aliphatic rings. The number of nitrogens with two attached hydrogens (primary N) is 1. The molecule has 0 spiro atoms. The Bertz CT molecular complexity index is 1220. The van der Waals surface area contributed by atoms with Crippen LogP contribution in [-0.2, 0) is 37.3 Å². The molecule has 2 unspecified atom stereocenters. The lowest BCUT2D eigenvalue weighted by atomic mass is 9.99. The highest BCUT2D eigenvalue weighted by Gasteiger charge is 2.56. The largest absolute Gasteiger partial charge is 0.490 e. The maximum absolute atomic E-state index is 12.0. The van der Waals surface area contributed by atoms with E-state index in [4.69, 9.17) is 20.3 Å². The standard InChI is InChI=1S/C13H20N5O13P3/c1-2-3-13(18-6-17-8-11(14)15-5-16-12(8)18)10(20)9(19)7(29-13)4-28-33(24,25)31-34(26,27)30-32(21,22)23/h2,5-7,9-10,19-20H,1,3-4H2,(H,24,25)(H,26,27)(H2,14,15,16)(H2,21,22,23)/t7-,9-,10-,13-/m1/s1. The SMILES string of the molecule is C=CC[C@@]1(n2cnc3c(N)ncnc32)O[C@H](COP(=O)(O)OP(=O)(O)OP(=O)(O)O)[C@@H](O)[C@H]1O. The summed E-state index contributed by atoms with van der Waals surface area (Å²) in [6, 6.07) is 0. The number of aliphatic hydroxyl groups excluding tert-OH is 2. The molecule has 0 radical (unpaired) electrons. The third-order valence-electron chi connectivity index (χ3n) is 4.55. The van der Waals surface area contributed by atoms with Crippen LogP contribution in [0.4, 0.5) is 5.82 Å². The quantitative estimate of drug-likeness (QED) is 0.140. The zero-order chi connectivity index (χ0) is 25.5. The summed E-state index contributed by atoms with van der Waals surface area (Å²) in [4.78, 5) is 47.9. The summed E-state index contributed by atoms with van der Waals surface area (Å²) < 4.78 is 52.9. The smallest absolute Gasteiger partial charge is 0.387 e. The molecule has 1 saturated heterocycles. The van der Waals surface area contributed by atoms with Gasteiger partial charge in [0.05, 0.1) is 12.9 Å². The fourth-order valence-corrected chi connectivity index (χ4v) is 6.31. The van der Waals surface area contributed by atoms with Gasteiger partial charge in [0.15, 0.2) is 17.2 Å². The van der Waals surface area contributed by atoms with Gasteiger partial charge in [-0.2, -0.15) is 8.62 Å². The first kappa shape index (κ1) is 27.0. The molecule has 34 heavy (non-hydrogen) atoms. The summed E-state index contributed by atoms with van der Waals surface area (Å²) in [6.07, 6.45) is -1.43. The topological polar surface area (TPSA) is 279 Å². The third-order valence-corrected chi connectivity index (χ3v) is 8.35. The van der Waals surface area contributed by atoms with E-state index in [1.807, 2.05) is 0 Å². The molecule has 1 aliphatic heterocycles. The molecular weight excluding hydrogens is 527 g/mol. The van der Waals surface area contributed by atoms with Crippen molar-refractivity contribution in [1.29, 1.82) is 0 Å². The second-order valence-corrected chi connectivity index (χ2v) is 11.3. The molecular formula is C13H20N5O13P3. The molecule has 3 heterocycles. The predicted octanol–water partition coefficient (Wildman–Crippen LogP) is -0.899. The van der Waals surface area contributed by atoms with Crippen LogP contribution in [0, 0.1) is 0 Å². The molecule has 18 nitrogen and oxygen atoms in total. The molecule has 2 aromatic rings. The lowest BCUT2D eigenvalue weighted by Gasteiger charge is -2.32. The number of anilines is 1. The summed E-state index contributed by atoms with van der Waals surface area (Å²) in [7, 11) is -16.8. The van der Waals surface area contributed by atoms with Gasteiger partial charge in [-0.15, -0.1) is 6.58 Å². The highest BCUT2D eigenvalue weighted by molar-refractivity contribution is 7.66. The number of hydrogen-bond acceptors (Lipinski definition) is 13. The molecule has 0 bridgehead atoms. The molecule has 1 fully saturated rings. The van der Waals surface area contributed by atoms with Gasteiger partial charge in [0.2, 0.25) is 0 Å². The number of nitrogens with zero attached hydrogens (tertiary/aromatic N) is 4. The number of rotatable bonds is 10. The van der Waals surface area contributed by atoms with E-state index < -0.39 is 54.1 Å². The van der Waals surface area contributed by atoms with Gasteiger partial charge in [-0.1, -0.05) is 6.08 Å². The van der Waals surface area contributed by atoms with Gasteiger partial charge in [-0.25, -0.2) is 28.6 Å². The van der Waals surface area contributed by atoms with E-state index in [0.29, 0.717) is 0 Å². The van der Waals surface area contributed by atoms with Crippen LogP contribution >= 0.6 is 23.5 Å². The lowest BCUT2D eigenvalue weighted by molar-refractivity contribution is -0.142. The van der Waals surface area contributed by atoms with Gasteiger partial charge < -0.3 is 40.3 Å². The molecule has 8 N–H and O–H groups in total. The van der Waals surface area contributed by atoms with E-state index in [2.05, 4.69) is 34.7 Å². The molecule has 2 aromatic heterocycles. The Morgan fingerprint density at radius 3 is 2.44 bits per heavy atom. The van der Waals surface area contributed by atoms with E-state index in [1.165, 1.54) is 17.0 Å². The zero-order valence-electron chi connectivity index (χ0n) is 16.8. The van der Waals surface area contributed by atoms with Gasteiger partial charge >= 0.3 is 23.5 Å². The van der Waals surface area contributed by atoms with Crippen LogP contribution in [0.2, 0.25) is 0 Å². The van der Waals surface area contributed by atoms with Crippen LogP contribution in [0.1, 0.15) is 6.42 Å². The number of ether oxygens (including phenoxy) is 1. The van der Waals surface area contributed by atoms with E-state index in [0.717, 1.165) is 6.33 Å². The molecule has 190 valence electrons. The lowest BCUT2D eigenvalue weighted by Crippen LogP contribution is -2.45. The summed E-state index contributed by atoms with van der Waals surface area (Å²) in [6.45, 7) is 2.58. The van der Waals surface area contributed by atoms with Crippen molar-refractivity contribution >= 4 is 40.4 Å². The summed E-state index contributed by atoms with van der Waals surface area (Å²) >= 11 is 0. The number of phosphoric acid groups is 3. The van der Waals surface area contributed by atoms with Gasteiger partial charge in [-0.05, 0) is 0 Å². The average Bonchev–Trinajstić information content (AvgIpc) is 3.21. The van der Waals surface area contributed by atoms with Crippen LogP contribution in [0.5, 0.6) is 0 Å². The van der Waals surface area contributed by atoms with Crippen molar-refractivity contribution < 1.29 is 61.4 Å². The molecule has 3 rings (SSSR count). The summed E-state index contributed by atoms with van der Waals surface area (Å²) in [5, 5.41) is 21.3. The Morgan fingerprint density at radius 1 is 1.15 bits per heavy atom. The van der Waals surface area contributed by atoms with E-state index >= 15 is 0 Å². The Balaban J connectivity index is 1.83. The van der Waals surface area contributed by atoms with Crippen LogP contribution in [-0.4, -0.2) is 74.2 Å². The van der Waals surface area contributed by atoms with Gasteiger partial charge in [0.1, 0.15) is 30.2 Å². The van der Waals surface area contributed by atoms with E-state index in [1.54, 1.807) is 0 Å². The van der Waals surface area contributed by atoms with Gasteiger partial charge in [0, 0.05) is 6.42 Å². The number of hydrogen-bond donors (Lipinski definition) is 7. The van der Waals surface area contributed by atoms with Crippen LogP contribution in [0.25, 0.3) is 11.2 Å². The van der Waals surface area contributed by atoms with E-state index in [-0.39, 0.29) is 23.4 Å². The molecule has 0 amide bonds. The Kier molecular flexibility index (Phi) is 7.49. The number of aromatic nitrogens is 4. The first-order chi connectivity index (χ1) is 15.6. The Hall–Kier alpha value is -1.62. The fourth-order valence-electron chi connectivity index (χ4n) is 3.28. The number of phosphoric ester groups is 1. The highest BCUT2D eigenvalue weighted by Crippen LogP contribution is 2.66. The van der Waals surface area contributed by atoms with Gasteiger partial charge in [-0.3, -0.25) is 9.09 Å². The first-order valence-corrected chi connectivity index (χ1v) is 13.5. The maximum Gasteiger partial charge on any atom is 0.490 e. The molecule has 0 aliphatic carbocycles. The number of imidazole rings is 1. The van der Waals surface area contributed by atoms with Crippen LogP contribution < -0.4 is 5.73 Å². The Labute approximate surface area is 190 Å². The minimum atomic E-state index is -5.74. The second-order valence-electron chi connectivity index (χ2n) is 6.86. The zero-order valence-corrected chi connectivity index (χ0v) is 19.5. The summed E-state index contributed by atoms with van der Waals surface area (Å²) in [5.74, 6) is 0.0229. The molecule has 0 aromatic carbocycles. The Morgan fingerprint density at radius 2 is 1.82 bits per heavy atom. The highest BCUT2D eigenvalue weighted by atomic mass is 31.3. The predicted molar refractivity (Wildman–Crippen MR) is 109 cm³/mol. The summed E-state index contributed by atoms with van der Waals surface area (Å²) in [5.41, 5.74) is 4.25. The van der Waals surface area contributed by atoms with E-state index in [9.17, 15) is 33.7 Å². The molecule has 21 heteroatoms. The van der Waals surface area contributed by atoms with Crippen molar-refractivity contribution in [3.63, 3.8) is 0 Å². The van der Waals surface area contributed by atoms with Crippen molar-refractivity contribution in [2.45, 2.75) is 30.5 Å². The van der Waals surface area contributed by atoms with Crippen molar-refractivity contribution in [1.82, 2.24) is 19.5 Å². The number of fused-ring (bicyclic) bond motifs is 1. The number of aliphatic hydroxyl groups is 2. The molecule has 0 saturated carbocycles. The minimum Gasteiger partial charge on any atom is -0.387 e. The van der Waals surface area contributed by atoms with Crippen LogP contribution in [0.15, 0.2) is 25.3 Å². The average molecular weight is 547 g/mol.